The van der Waals surface area contributed by atoms with Gasteiger partial charge in [-0.15, -0.1) is 0 Å². The van der Waals surface area contributed by atoms with Crippen molar-refractivity contribution in [2.75, 3.05) is 0 Å². The van der Waals surface area contributed by atoms with Crippen molar-refractivity contribution in [1.82, 2.24) is 0 Å². The molecule has 324 valence electrons. The van der Waals surface area contributed by atoms with E-state index in [1.165, 1.54) is 30.3 Å². The minimum Gasteiger partial charge on any atom is -0.508 e. The molecule has 0 saturated carbocycles. The number of ether oxygens (including phenoxy) is 4. The van der Waals surface area contributed by atoms with Gasteiger partial charge in [-0.25, -0.2) is 0 Å². The Morgan fingerprint density at radius 1 is 0.476 bits per heavy atom. The third-order valence-electron chi connectivity index (χ3n) is 12.5. The maximum absolute atomic E-state index is 12.6. The molecule has 0 radical (unpaired) electrons. The molecule has 0 amide bonds. The van der Waals surface area contributed by atoms with Gasteiger partial charge in [-0.1, -0.05) is 19.1 Å². The number of benzene rings is 6. The summed E-state index contributed by atoms with van der Waals surface area (Å²) in [5.41, 5.74) is 0.218. The van der Waals surface area contributed by atoms with E-state index in [1.807, 2.05) is 6.92 Å². The molecule has 0 saturated heterocycles. The van der Waals surface area contributed by atoms with Gasteiger partial charge >= 0.3 is 5.79 Å². The summed E-state index contributed by atoms with van der Waals surface area (Å²) in [6, 6.07) is 15.6. The molecule has 0 aromatic heterocycles. The van der Waals surface area contributed by atoms with Gasteiger partial charge in [-0.3, -0.25) is 0 Å². The predicted molar refractivity (Wildman–Crippen MR) is 215 cm³/mol. The Kier molecular flexibility index (Phi) is 8.51. The first kappa shape index (κ1) is 39.4. The van der Waals surface area contributed by atoms with Gasteiger partial charge in [0, 0.05) is 63.6 Å². The fourth-order valence-corrected chi connectivity index (χ4v) is 9.58. The van der Waals surface area contributed by atoms with Crippen molar-refractivity contribution in [1.29, 1.82) is 0 Å². The lowest BCUT2D eigenvalue weighted by molar-refractivity contribution is -0.219. The molecule has 13 N–H and O–H groups in total. The van der Waals surface area contributed by atoms with E-state index in [0.29, 0.717) is 5.56 Å². The van der Waals surface area contributed by atoms with E-state index < -0.39 is 93.8 Å². The van der Waals surface area contributed by atoms with E-state index in [2.05, 4.69) is 0 Å². The average Bonchev–Trinajstić information content (AvgIpc) is 3.22. The molecule has 63 heavy (non-hydrogen) atoms. The summed E-state index contributed by atoms with van der Waals surface area (Å²) >= 11 is 0. The van der Waals surface area contributed by atoms with Crippen molar-refractivity contribution in [3.05, 3.63) is 123 Å². The van der Waals surface area contributed by atoms with Crippen LogP contribution in [0.1, 0.15) is 75.5 Å². The highest BCUT2D eigenvalue weighted by atomic mass is 16.7. The molecule has 8 atom stereocenters. The Morgan fingerprint density at radius 3 is 1.65 bits per heavy atom. The zero-order valence-corrected chi connectivity index (χ0v) is 32.7. The zero-order chi connectivity index (χ0) is 44.5. The highest BCUT2D eigenvalue weighted by Crippen LogP contribution is 2.65. The van der Waals surface area contributed by atoms with Crippen molar-refractivity contribution in [3.63, 3.8) is 0 Å². The van der Waals surface area contributed by atoms with Crippen LogP contribution in [0.25, 0.3) is 0 Å². The van der Waals surface area contributed by atoms with E-state index >= 15 is 0 Å². The fraction of sp³-hybridized carbons (Fsp3) is 0.217. The normalized spacial score (nSPS) is 25.2. The smallest absolute Gasteiger partial charge is 0.305 e. The van der Waals surface area contributed by atoms with Gasteiger partial charge in [-0.2, -0.15) is 0 Å². The lowest BCUT2D eigenvalue weighted by atomic mass is 9.71. The third-order valence-corrected chi connectivity index (χ3v) is 12.5. The molecule has 0 spiro atoms. The van der Waals surface area contributed by atoms with E-state index in [9.17, 15) is 66.4 Å². The average molecular weight is 863 g/mol. The second-order valence-corrected chi connectivity index (χ2v) is 16.3. The summed E-state index contributed by atoms with van der Waals surface area (Å²) in [7, 11) is 0. The van der Waals surface area contributed by atoms with Crippen molar-refractivity contribution >= 4 is 0 Å². The van der Waals surface area contributed by atoms with Crippen LogP contribution in [0.2, 0.25) is 0 Å². The number of hydrogen-bond donors (Lipinski definition) is 13. The monoisotopic (exact) mass is 862 g/mol. The Hall–Kier alpha value is -7.76. The molecular weight excluding hydrogens is 824 g/mol. The van der Waals surface area contributed by atoms with Gasteiger partial charge in [0.15, 0.2) is 40.6 Å². The number of aromatic hydroxyl groups is 11. The molecule has 2 bridgehead atoms. The summed E-state index contributed by atoms with van der Waals surface area (Å²) in [6.07, 6.45) is -5.89. The SMILES string of the molecule is CC1Cc2c(O)cc(O)c(C3c4c(O)cc5c(c4O[C@H](c4ccc(O)c(O)c4)[C@H]3O)[C@H]3c4c(O)cc(O)cc4O[C@@](c4ccc(O)c(O)c4)(O5)[C@@H]3O)c2OC1c1ccc(O)c(O)c1. The molecule has 17 nitrogen and oxygen atoms in total. The summed E-state index contributed by atoms with van der Waals surface area (Å²) in [5.74, 6) is -11.9. The van der Waals surface area contributed by atoms with Gasteiger partial charge in [0.2, 0.25) is 0 Å². The fourth-order valence-electron chi connectivity index (χ4n) is 9.58. The van der Waals surface area contributed by atoms with Crippen LogP contribution in [0.15, 0.2) is 78.9 Å². The summed E-state index contributed by atoms with van der Waals surface area (Å²) < 4.78 is 26.0. The van der Waals surface area contributed by atoms with Gasteiger partial charge < -0.3 is 85.3 Å². The molecule has 10 rings (SSSR count). The molecule has 4 aliphatic heterocycles. The Bertz CT molecular complexity index is 2910. The van der Waals surface area contributed by atoms with Crippen LogP contribution in [0.4, 0.5) is 0 Å². The van der Waals surface area contributed by atoms with E-state index in [1.54, 1.807) is 0 Å². The second kappa shape index (κ2) is 13.6. The van der Waals surface area contributed by atoms with E-state index in [0.717, 1.165) is 48.5 Å². The van der Waals surface area contributed by atoms with Crippen LogP contribution in [0.5, 0.6) is 86.2 Å². The largest absolute Gasteiger partial charge is 0.508 e. The zero-order valence-electron chi connectivity index (χ0n) is 32.7. The first-order valence-electron chi connectivity index (χ1n) is 19.6. The Labute approximate surface area is 355 Å². The lowest BCUT2D eigenvalue weighted by Crippen LogP contribution is -2.57. The molecule has 17 heteroatoms. The summed E-state index contributed by atoms with van der Waals surface area (Å²) in [4.78, 5) is 0. The highest BCUT2D eigenvalue weighted by molar-refractivity contribution is 5.72. The minimum absolute atomic E-state index is 0.0384. The number of phenols is 11. The van der Waals surface area contributed by atoms with Crippen molar-refractivity contribution in [2.45, 2.75) is 55.4 Å². The van der Waals surface area contributed by atoms with Crippen LogP contribution in [-0.4, -0.2) is 78.6 Å². The van der Waals surface area contributed by atoms with Gasteiger partial charge in [0.1, 0.15) is 70.1 Å². The van der Waals surface area contributed by atoms with E-state index in [4.69, 9.17) is 18.9 Å². The molecule has 3 unspecified atom stereocenters. The number of aliphatic hydroxyl groups excluding tert-OH is 2. The minimum atomic E-state index is -2.29. The Balaban J connectivity index is 1.25. The maximum Gasteiger partial charge on any atom is 0.305 e. The molecule has 6 aromatic carbocycles. The second-order valence-electron chi connectivity index (χ2n) is 16.3. The van der Waals surface area contributed by atoms with Crippen molar-refractivity contribution in [3.8, 4) is 86.2 Å². The number of fused-ring (bicyclic) bond motifs is 9. The first-order chi connectivity index (χ1) is 30.0. The van der Waals surface area contributed by atoms with Gasteiger partial charge in [0.25, 0.3) is 0 Å². The van der Waals surface area contributed by atoms with Crippen LogP contribution in [0, 0.1) is 5.92 Å². The van der Waals surface area contributed by atoms with Crippen LogP contribution in [0.3, 0.4) is 0 Å². The first-order valence-corrected chi connectivity index (χ1v) is 19.6. The van der Waals surface area contributed by atoms with Crippen LogP contribution in [-0.2, 0) is 12.2 Å². The summed E-state index contributed by atoms with van der Waals surface area (Å²) in [5, 5.41) is 145. The predicted octanol–water partition coefficient (Wildman–Crippen LogP) is 5.52. The number of phenolic OH excluding ortho intramolecular Hbond substituents is 11. The van der Waals surface area contributed by atoms with Crippen LogP contribution >= 0.6 is 0 Å². The van der Waals surface area contributed by atoms with Crippen molar-refractivity contribution in [2.24, 2.45) is 5.92 Å². The topological polar surface area (TPSA) is 300 Å². The molecule has 0 fully saturated rings. The highest BCUT2D eigenvalue weighted by Gasteiger charge is 2.61. The molecular formula is C46H38O17. The Morgan fingerprint density at radius 2 is 1.02 bits per heavy atom. The summed E-state index contributed by atoms with van der Waals surface area (Å²) in [6.45, 7) is 1.82. The third kappa shape index (κ3) is 5.69. The van der Waals surface area contributed by atoms with Crippen molar-refractivity contribution < 1.29 is 85.3 Å². The quantitative estimate of drug-likeness (QED) is 0.0971. The number of hydrogen-bond acceptors (Lipinski definition) is 17. The molecule has 0 aliphatic carbocycles. The van der Waals surface area contributed by atoms with Gasteiger partial charge in [0.05, 0.1) is 11.8 Å². The molecule has 6 aromatic rings. The van der Waals surface area contributed by atoms with Gasteiger partial charge in [-0.05, 0) is 60.0 Å². The van der Waals surface area contributed by atoms with Crippen LogP contribution < -0.4 is 18.9 Å². The lowest BCUT2D eigenvalue weighted by Gasteiger charge is -2.51. The van der Waals surface area contributed by atoms with E-state index in [-0.39, 0.29) is 85.8 Å². The number of aliphatic hydroxyl groups is 2. The number of rotatable bonds is 4. The molecule has 4 aliphatic rings. The maximum atomic E-state index is 12.6. The molecule has 4 heterocycles. The standard InChI is InChI=1S/C46H38O17/c1-16-8-21-25(51)14-30(56)35(43(21)60-41(16)17-2-5-22(48)26(52)9-17)38-36-31(57)15-33-37(44(36)61-42(40(38)58)18-3-6-23(49)27(53)10-18)39-34-29(55)12-20(47)13-32(34)62-46(63-33,45(39)59)19-4-7-24(50)28(54)11-19/h2-7,9-16,38-42,45,47-59H,8H2,1H3/t16?,38?,39-,40+,41?,42-,45-,46+/m1/s1.